The Morgan fingerprint density at radius 2 is 1.93 bits per heavy atom. The molecule has 0 radical (unpaired) electrons. The molecule has 7 heteroatoms. The van der Waals surface area contributed by atoms with Crippen molar-refractivity contribution in [1.82, 2.24) is 4.98 Å². The van der Waals surface area contributed by atoms with Crippen molar-refractivity contribution in [3.05, 3.63) is 87.5 Å². The lowest BCUT2D eigenvalue weighted by Gasteiger charge is -2.28. The zero-order valence-corrected chi connectivity index (χ0v) is 15.3. The maximum absolute atomic E-state index is 12.1. The molecule has 2 aromatic rings. The molecule has 1 aliphatic rings. The van der Waals surface area contributed by atoms with E-state index in [0.29, 0.717) is 15.6 Å². The highest BCUT2D eigenvalue weighted by Gasteiger charge is 2.37. The number of carbonyl (C=O) groups excluding carboxylic acids is 1. The zero-order chi connectivity index (χ0) is 19.6. The smallest absolute Gasteiger partial charge is 0.269 e. The molecule has 1 aromatic carbocycles. The Hall–Kier alpha value is -3.32. The van der Waals surface area contributed by atoms with E-state index in [2.05, 4.69) is 4.98 Å². The Kier molecular flexibility index (Phi) is 4.87. The number of aromatic nitrogens is 1. The van der Waals surface area contributed by atoms with Gasteiger partial charge in [-0.2, -0.15) is 0 Å². The minimum Gasteiger partial charge on any atom is -0.365 e. The molecule has 0 saturated heterocycles. The summed E-state index contributed by atoms with van der Waals surface area (Å²) in [5.74, 6) is -0.503. The number of quaternary nitrogens is 1. The van der Waals surface area contributed by atoms with Crippen LogP contribution in [-0.2, 0) is 11.2 Å². The van der Waals surface area contributed by atoms with Crippen molar-refractivity contribution in [3.63, 3.8) is 0 Å². The summed E-state index contributed by atoms with van der Waals surface area (Å²) in [7, 11) is 2.01. The molecule has 1 unspecified atom stereocenters. The van der Waals surface area contributed by atoms with Crippen LogP contribution in [0.1, 0.15) is 18.2 Å². The fourth-order valence-electron chi connectivity index (χ4n) is 3.31. The highest BCUT2D eigenvalue weighted by molar-refractivity contribution is 6.09. The summed E-state index contributed by atoms with van der Waals surface area (Å²) in [6, 6.07) is 11.9. The Morgan fingerprint density at radius 1 is 1.22 bits per heavy atom. The van der Waals surface area contributed by atoms with Gasteiger partial charge in [0.2, 0.25) is 0 Å². The van der Waals surface area contributed by atoms with Crippen molar-refractivity contribution in [3.8, 4) is 0 Å². The normalized spacial score (nSPS) is 19.1. The highest BCUT2D eigenvalue weighted by Crippen LogP contribution is 2.38. The molecule has 0 saturated carbocycles. The predicted molar refractivity (Wildman–Crippen MR) is 102 cm³/mol. The fraction of sp³-hybridized carbons (Fsp3) is 0.200. The average Bonchev–Trinajstić information content (AvgIpc) is 2.93. The number of carbonyl (C=O) groups is 1. The van der Waals surface area contributed by atoms with Gasteiger partial charge in [0, 0.05) is 37.4 Å². The number of nitrogens with two attached hydrogens (primary N) is 1. The second-order valence-corrected chi connectivity index (χ2v) is 6.73. The molecule has 1 aromatic heterocycles. The average molecular weight is 365 g/mol. The van der Waals surface area contributed by atoms with E-state index in [1.807, 2.05) is 38.4 Å². The van der Waals surface area contributed by atoms with Crippen LogP contribution in [0, 0.1) is 10.1 Å². The molecular formula is C20H21N4O3+. The van der Waals surface area contributed by atoms with Gasteiger partial charge in [0.05, 0.1) is 24.1 Å². The number of pyridine rings is 1. The van der Waals surface area contributed by atoms with Crippen LogP contribution in [0.25, 0.3) is 5.57 Å². The first kappa shape index (κ1) is 18.5. The van der Waals surface area contributed by atoms with Crippen molar-refractivity contribution in [1.29, 1.82) is 0 Å². The number of amides is 1. The predicted octanol–water partition coefficient (Wildman–Crippen LogP) is 2.79. The van der Waals surface area contributed by atoms with Crippen molar-refractivity contribution >= 4 is 17.2 Å². The largest absolute Gasteiger partial charge is 0.365 e. The first-order valence-corrected chi connectivity index (χ1v) is 8.56. The van der Waals surface area contributed by atoms with E-state index in [1.165, 1.54) is 12.1 Å². The van der Waals surface area contributed by atoms with Crippen LogP contribution in [-0.4, -0.2) is 33.9 Å². The summed E-state index contributed by atoms with van der Waals surface area (Å²) in [5, 5.41) is 10.9. The quantitative estimate of drug-likeness (QED) is 0.483. The number of hydrogen-bond acceptors (Lipinski definition) is 4. The summed E-state index contributed by atoms with van der Waals surface area (Å²) in [6.07, 6.45) is 4.49. The first-order valence-electron chi connectivity index (χ1n) is 8.56. The van der Waals surface area contributed by atoms with Gasteiger partial charge in [0.25, 0.3) is 11.6 Å². The molecule has 0 bridgehead atoms. The van der Waals surface area contributed by atoms with Crippen LogP contribution >= 0.6 is 0 Å². The first-order chi connectivity index (χ1) is 12.8. The molecular weight excluding hydrogens is 344 g/mol. The van der Waals surface area contributed by atoms with Gasteiger partial charge in [0.15, 0.2) is 0 Å². The number of rotatable bonds is 6. The third-order valence-electron chi connectivity index (χ3n) is 5.01. The molecule has 1 aliphatic heterocycles. The molecule has 1 amide bonds. The molecule has 27 heavy (non-hydrogen) atoms. The Bertz CT molecular complexity index is 949. The van der Waals surface area contributed by atoms with Crippen LogP contribution in [0.3, 0.4) is 0 Å². The number of primary amides is 1. The van der Waals surface area contributed by atoms with Crippen molar-refractivity contribution in [2.45, 2.75) is 13.3 Å². The monoisotopic (exact) mass is 365 g/mol. The van der Waals surface area contributed by atoms with Gasteiger partial charge in [0.1, 0.15) is 17.5 Å². The summed E-state index contributed by atoms with van der Waals surface area (Å²) >= 11 is 0. The van der Waals surface area contributed by atoms with Gasteiger partial charge in [-0.3, -0.25) is 24.4 Å². The van der Waals surface area contributed by atoms with E-state index in [0.717, 1.165) is 29.9 Å². The fourth-order valence-corrected chi connectivity index (χ4v) is 3.31. The molecule has 0 spiro atoms. The Morgan fingerprint density at radius 3 is 2.48 bits per heavy atom. The zero-order valence-electron chi connectivity index (χ0n) is 15.3. The van der Waals surface area contributed by atoms with Gasteiger partial charge in [-0.05, 0) is 29.8 Å². The van der Waals surface area contributed by atoms with Crippen LogP contribution in [0.4, 0.5) is 5.69 Å². The molecule has 1 atom stereocenters. The SMILES string of the molecule is CC1=C(C(N)=O)C(c2ccc([N+](=O)[O-])cc2)=C[N+]1(C)CCc1ccccn1. The molecule has 138 valence electrons. The summed E-state index contributed by atoms with van der Waals surface area (Å²) in [4.78, 5) is 26.9. The maximum atomic E-state index is 12.1. The van der Waals surface area contributed by atoms with E-state index in [1.54, 1.807) is 18.3 Å². The molecule has 3 rings (SSSR count). The number of likely N-dealkylation sites (N-methyl/N-ethyl adjacent to an activating group) is 1. The third-order valence-corrected chi connectivity index (χ3v) is 5.01. The number of nitro groups is 1. The van der Waals surface area contributed by atoms with Gasteiger partial charge >= 0.3 is 0 Å². The van der Waals surface area contributed by atoms with E-state index in [9.17, 15) is 14.9 Å². The van der Waals surface area contributed by atoms with Crippen molar-refractivity contribution in [2.75, 3.05) is 13.6 Å². The lowest BCUT2D eigenvalue weighted by Crippen LogP contribution is -2.37. The summed E-state index contributed by atoms with van der Waals surface area (Å²) in [5.41, 5.74) is 9.39. The maximum Gasteiger partial charge on any atom is 0.269 e. The van der Waals surface area contributed by atoms with Crippen LogP contribution < -0.4 is 5.73 Å². The second kappa shape index (κ2) is 7.13. The Balaban J connectivity index is 1.95. The lowest BCUT2D eigenvalue weighted by molar-refractivity contribution is -0.817. The van der Waals surface area contributed by atoms with E-state index >= 15 is 0 Å². The summed E-state index contributed by atoms with van der Waals surface area (Å²) < 4.78 is 0.432. The van der Waals surface area contributed by atoms with E-state index < -0.39 is 10.8 Å². The number of benzene rings is 1. The van der Waals surface area contributed by atoms with Crippen LogP contribution in [0.15, 0.2) is 66.1 Å². The van der Waals surface area contributed by atoms with Crippen LogP contribution in [0.5, 0.6) is 0 Å². The third kappa shape index (κ3) is 3.63. The minimum absolute atomic E-state index is 0.00563. The molecule has 2 heterocycles. The molecule has 0 fully saturated rings. The van der Waals surface area contributed by atoms with Gasteiger partial charge in [-0.25, -0.2) is 0 Å². The van der Waals surface area contributed by atoms with E-state index in [4.69, 9.17) is 5.73 Å². The number of hydrogen-bond donors (Lipinski definition) is 1. The highest BCUT2D eigenvalue weighted by atomic mass is 16.6. The minimum atomic E-state index is -0.503. The molecule has 2 N–H and O–H groups in total. The second-order valence-electron chi connectivity index (χ2n) is 6.73. The topological polar surface area (TPSA) is 99.1 Å². The molecule has 7 nitrogen and oxygen atoms in total. The van der Waals surface area contributed by atoms with Gasteiger partial charge < -0.3 is 5.73 Å². The van der Waals surface area contributed by atoms with Gasteiger partial charge in [-0.15, -0.1) is 0 Å². The van der Waals surface area contributed by atoms with Crippen molar-refractivity contribution < 1.29 is 14.2 Å². The van der Waals surface area contributed by atoms with E-state index in [-0.39, 0.29) is 5.69 Å². The standard InChI is InChI=1S/C20H20N4O3/c1-14-19(20(21)25)18(15-6-8-17(9-7-15)23(26)27)13-24(14,2)12-10-16-5-3-4-11-22-16/h3-9,11,13H,10,12H2,1-2H3,(H-,21,25)/p+1. The Labute approximate surface area is 157 Å². The van der Waals surface area contributed by atoms with Gasteiger partial charge in [-0.1, -0.05) is 6.07 Å². The van der Waals surface area contributed by atoms with Crippen LogP contribution in [0.2, 0.25) is 0 Å². The lowest BCUT2D eigenvalue weighted by atomic mass is 9.99. The number of non-ortho nitro benzene ring substituents is 1. The number of nitro benzene ring substituents is 1. The summed E-state index contributed by atoms with van der Waals surface area (Å²) in [6.45, 7) is 2.61. The number of nitrogens with zero attached hydrogens (tertiary/aromatic N) is 3. The molecule has 0 aliphatic carbocycles. The van der Waals surface area contributed by atoms with Crippen molar-refractivity contribution in [2.24, 2.45) is 5.73 Å². The number of allylic oxidation sites excluding steroid dienone is 1.